The van der Waals surface area contributed by atoms with Crippen molar-refractivity contribution in [3.8, 4) is 0 Å². The third-order valence-corrected chi connectivity index (χ3v) is 2.72. The van der Waals surface area contributed by atoms with Crippen LogP contribution in [0.3, 0.4) is 0 Å². The van der Waals surface area contributed by atoms with Gasteiger partial charge in [0.15, 0.2) is 0 Å². The lowest BCUT2D eigenvalue weighted by atomic mass is 10.1. The van der Waals surface area contributed by atoms with Gasteiger partial charge in [-0.2, -0.15) is 0 Å². The topological polar surface area (TPSA) is 17.8 Å². The Balaban J connectivity index is 2.17. The molecule has 0 atom stereocenters. The van der Waals surface area contributed by atoms with E-state index in [1.165, 1.54) is 11.1 Å². The van der Waals surface area contributed by atoms with E-state index in [2.05, 4.69) is 49.7 Å². The molecule has 1 aromatic carbocycles. The Labute approximate surface area is 91.7 Å². The van der Waals surface area contributed by atoms with Crippen LogP contribution >= 0.6 is 15.9 Å². The third kappa shape index (κ3) is 2.23. The van der Waals surface area contributed by atoms with Crippen LogP contribution in [0.15, 0.2) is 43.0 Å². The summed E-state index contributed by atoms with van der Waals surface area (Å²) in [4.78, 5) is 4.01. The van der Waals surface area contributed by atoms with Crippen molar-refractivity contribution in [1.82, 2.24) is 9.55 Å². The first kappa shape index (κ1) is 9.46. The van der Waals surface area contributed by atoms with Gasteiger partial charge >= 0.3 is 0 Å². The second-order valence-electron chi connectivity index (χ2n) is 3.19. The highest BCUT2D eigenvalue weighted by Crippen LogP contribution is 2.09. The van der Waals surface area contributed by atoms with E-state index in [4.69, 9.17) is 0 Å². The summed E-state index contributed by atoms with van der Waals surface area (Å²) in [7, 11) is 0. The second-order valence-corrected chi connectivity index (χ2v) is 3.75. The van der Waals surface area contributed by atoms with Crippen molar-refractivity contribution in [3.63, 3.8) is 0 Å². The highest BCUT2D eigenvalue weighted by molar-refractivity contribution is 9.08. The Kier molecular flexibility index (Phi) is 2.99. The maximum atomic E-state index is 4.01. The zero-order chi connectivity index (χ0) is 9.80. The zero-order valence-corrected chi connectivity index (χ0v) is 9.31. The molecule has 2 aromatic rings. The van der Waals surface area contributed by atoms with E-state index < -0.39 is 0 Å². The Morgan fingerprint density at radius 1 is 1.29 bits per heavy atom. The summed E-state index contributed by atoms with van der Waals surface area (Å²) in [6.45, 7) is 0.890. The molecular weight excluding hydrogens is 240 g/mol. The lowest BCUT2D eigenvalue weighted by Crippen LogP contribution is -1.96. The standard InChI is InChI=1S/C11H11BrN2/c12-7-10-2-1-3-11(6-10)8-14-5-4-13-9-14/h1-6,9H,7-8H2. The summed E-state index contributed by atoms with van der Waals surface area (Å²) in [5.41, 5.74) is 2.61. The average molecular weight is 251 g/mol. The number of halogens is 1. The molecule has 0 N–H and O–H groups in total. The summed E-state index contributed by atoms with van der Waals surface area (Å²) in [5.74, 6) is 0. The minimum absolute atomic E-state index is 0.890. The lowest BCUT2D eigenvalue weighted by Gasteiger charge is -2.03. The first-order valence-electron chi connectivity index (χ1n) is 4.48. The SMILES string of the molecule is BrCc1cccc(Cn2ccnc2)c1. The van der Waals surface area contributed by atoms with Gasteiger partial charge in [-0.05, 0) is 11.1 Å². The van der Waals surface area contributed by atoms with Gasteiger partial charge in [0, 0.05) is 24.3 Å². The van der Waals surface area contributed by atoms with E-state index in [1.54, 1.807) is 6.20 Å². The summed E-state index contributed by atoms with van der Waals surface area (Å²) < 4.78 is 2.06. The molecule has 0 amide bonds. The third-order valence-electron chi connectivity index (χ3n) is 2.07. The van der Waals surface area contributed by atoms with Crippen molar-refractivity contribution >= 4 is 15.9 Å². The predicted octanol–water partition coefficient (Wildman–Crippen LogP) is 2.83. The van der Waals surface area contributed by atoms with Crippen LogP contribution in [-0.4, -0.2) is 9.55 Å². The molecule has 0 saturated carbocycles. The Morgan fingerprint density at radius 3 is 2.86 bits per heavy atom. The molecule has 1 heterocycles. The molecule has 0 aliphatic rings. The molecule has 3 heteroatoms. The van der Waals surface area contributed by atoms with E-state index in [0.717, 1.165) is 11.9 Å². The van der Waals surface area contributed by atoms with Crippen LogP contribution in [0.25, 0.3) is 0 Å². The molecule has 0 unspecified atom stereocenters. The Bertz CT molecular complexity index is 395. The number of hydrogen-bond acceptors (Lipinski definition) is 1. The van der Waals surface area contributed by atoms with E-state index in [1.807, 2.05) is 12.5 Å². The highest BCUT2D eigenvalue weighted by atomic mass is 79.9. The second kappa shape index (κ2) is 4.42. The first-order chi connectivity index (χ1) is 6.88. The molecule has 2 rings (SSSR count). The molecule has 14 heavy (non-hydrogen) atoms. The number of benzene rings is 1. The fourth-order valence-corrected chi connectivity index (χ4v) is 1.75. The summed E-state index contributed by atoms with van der Waals surface area (Å²) in [6, 6.07) is 8.54. The van der Waals surface area contributed by atoms with Crippen LogP contribution in [0.2, 0.25) is 0 Å². The van der Waals surface area contributed by atoms with E-state index in [0.29, 0.717) is 0 Å². The zero-order valence-electron chi connectivity index (χ0n) is 7.73. The van der Waals surface area contributed by atoms with Gasteiger partial charge in [0.05, 0.1) is 6.33 Å². The van der Waals surface area contributed by atoms with Crippen molar-refractivity contribution in [1.29, 1.82) is 0 Å². The lowest BCUT2D eigenvalue weighted by molar-refractivity contribution is 0.796. The smallest absolute Gasteiger partial charge is 0.0949 e. The van der Waals surface area contributed by atoms with Crippen LogP contribution in [0, 0.1) is 0 Å². The van der Waals surface area contributed by atoms with Gasteiger partial charge in [0.25, 0.3) is 0 Å². The van der Waals surface area contributed by atoms with Gasteiger partial charge in [-0.3, -0.25) is 0 Å². The van der Waals surface area contributed by atoms with Crippen LogP contribution in [0.1, 0.15) is 11.1 Å². The maximum absolute atomic E-state index is 4.01. The molecule has 0 fully saturated rings. The molecule has 0 saturated heterocycles. The van der Waals surface area contributed by atoms with Gasteiger partial charge in [-0.15, -0.1) is 0 Å². The molecule has 0 radical (unpaired) electrons. The van der Waals surface area contributed by atoms with Gasteiger partial charge in [0.2, 0.25) is 0 Å². The molecule has 0 spiro atoms. The van der Waals surface area contributed by atoms with Gasteiger partial charge in [-0.1, -0.05) is 40.2 Å². The number of hydrogen-bond donors (Lipinski definition) is 0. The van der Waals surface area contributed by atoms with Crippen molar-refractivity contribution in [3.05, 3.63) is 54.1 Å². The van der Waals surface area contributed by atoms with Crippen LogP contribution < -0.4 is 0 Å². The van der Waals surface area contributed by atoms with Gasteiger partial charge in [-0.25, -0.2) is 4.98 Å². The number of alkyl halides is 1. The van der Waals surface area contributed by atoms with E-state index in [9.17, 15) is 0 Å². The molecule has 0 aliphatic carbocycles. The van der Waals surface area contributed by atoms with Crippen LogP contribution in [0.4, 0.5) is 0 Å². The van der Waals surface area contributed by atoms with E-state index >= 15 is 0 Å². The number of nitrogens with zero attached hydrogens (tertiary/aromatic N) is 2. The molecule has 2 nitrogen and oxygen atoms in total. The number of rotatable bonds is 3. The Morgan fingerprint density at radius 2 is 2.14 bits per heavy atom. The van der Waals surface area contributed by atoms with Crippen molar-refractivity contribution < 1.29 is 0 Å². The Hall–Kier alpha value is -1.09. The van der Waals surface area contributed by atoms with Crippen molar-refractivity contribution in [2.75, 3.05) is 0 Å². The summed E-state index contributed by atoms with van der Waals surface area (Å²) in [5, 5.41) is 0.908. The molecular formula is C11H11BrN2. The monoisotopic (exact) mass is 250 g/mol. The normalized spacial score (nSPS) is 10.4. The number of imidazole rings is 1. The number of aromatic nitrogens is 2. The fraction of sp³-hybridized carbons (Fsp3) is 0.182. The maximum Gasteiger partial charge on any atom is 0.0949 e. The minimum Gasteiger partial charge on any atom is -0.333 e. The van der Waals surface area contributed by atoms with Gasteiger partial charge in [0.1, 0.15) is 0 Å². The average Bonchev–Trinajstić information content (AvgIpc) is 2.71. The summed E-state index contributed by atoms with van der Waals surface area (Å²) >= 11 is 3.45. The molecule has 0 aliphatic heterocycles. The largest absolute Gasteiger partial charge is 0.333 e. The minimum atomic E-state index is 0.890. The van der Waals surface area contributed by atoms with E-state index in [-0.39, 0.29) is 0 Å². The van der Waals surface area contributed by atoms with Crippen molar-refractivity contribution in [2.45, 2.75) is 11.9 Å². The molecule has 0 bridgehead atoms. The molecule has 72 valence electrons. The summed E-state index contributed by atoms with van der Waals surface area (Å²) in [6.07, 6.45) is 5.61. The fourth-order valence-electron chi connectivity index (χ4n) is 1.40. The van der Waals surface area contributed by atoms with Crippen LogP contribution in [-0.2, 0) is 11.9 Å². The highest BCUT2D eigenvalue weighted by Gasteiger charge is 1.95. The first-order valence-corrected chi connectivity index (χ1v) is 5.60. The van der Waals surface area contributed by atoms with Crippen LogP contribution in [0.5, 0.6) is 0 Å². The predicted molar refractivity (Wildman–Crippen MR) is 60.4 cm³/mol. The molecule has 1 aromatic heterocycles. The van der Waals surface area contributed by atoms with Gasteiger partial charge < -0.3 is 4.57 Å². The quantitative estimate of drug-likeness (QED) is 0.767. The van der Waals surface area contributed by atoms with Crippen molar-refractivity contribution in [2.24, 2.45) is 0 Å².